The molecule has 2 rings (SSSR count). The summed E-state index contributed by atoms with van der Waals surface area (Å²) in [7, 11) is 0. The number of carbonyl (C=O) groups excluding carboxylic acids is 1. The molecule has 0 aliphatic carbocycles. The monoisotopic (exact) mass is 291 g/mol. The minimum absolute atomic E-state index is 0.0640. The molecule has 5 nitrogen and oxygen atoms in total. The molecule has 5 heteroatoms. The minimum Gasteiger partial charge on any atom is -0.351 e. The van der Waals surface area contributed by atoms with Crippen molar-refractivity contribution in [3.05, 3.63) is 34.4 Å². The van der Waals surface area contributed by atoms with E-state index in [0.717, 1.165) is 26.1 Å². The van der Waals surface area contributed by atoms with Crippen molar-refractivity contribution in [2.75, 3.05) is 19.6 Å². The maximum Gasteiger partial charge on any atom is 0.236 e. The normalized spacial score (nSPS) is 16.4. The molecule has 1 aliphatic rings. The lowest BCUT2D eigenvalue weighted by atomic mass is 9.91. The number of fused-ring (bicyclic) bond motifs is 1. The number of hydrogen-bond acceptors (Lipinski definition) is 4. The van der Waals surface area contributed by atoms with Crippen LogP contribution in [-0.2, 0) is 17.8 Å². The molecule has 116 valence electrons. The summed E-state index contributed by atoms with van der Waals surface area (Å²) in [5, 5.41) is 11.4. The Hall–Kier alpha value is -1.43. The molecular formula is C16H25N3O2. The summed E-state index contributed by atoms with van der Waals surface area (Å²) in [6, 6.07) is 4.46. The maximum atomic E-state index is 11.4. The molecule has 0 aromatic heterocycles. The van der Waals surface area contributed by atoms with Crippen LogP contribution in [0.25, 0.3) is 0 Å². The van der Waals surface area contributed by atoms with Crippen molar-refractivity contribution >= 4 is 5.91 Å². The van der Waals surface area contributed by atoms with Gasteiger partial charge in [-0.2, -0.15) is 5.48 Å². The molecule has 0 saturated heterocycles. The van der Waals surface area contributed by atoms with Gasteiger partial charge in [0.15, 0.2) is 0 Å². The SMILES string of the molecule is Cc1ccc(C)c2c1CCN(C[C@H](C)NC(=O)CNO)C2. The summed E-state index contributed by atoms with van der Waals surface area (Å²) in [6.45, 7) is 9.07. The summed E-state index contributed by atoms with van der Waals surface area (Å²) >= 11 is 0. The lowest BCUT2D eigenvalue weighted by Gasteiger charge is -2.32. The van der Waals surface area contributed by atoms with Crippen molar-refractivity contribution in [2.45, 2.75) is 39.8 Å². The third-order valence-electron chi connectivity index (χ3n) is 4.14. The van der Waals surface area contributed by atoms with Gasteiger partial charge >= 0.3 is 0 Å². The highest BCUT2D eigenvalue weighted by Crippen LogP contribution is 2.25. The second-order valence-electron chi connectivity index (χ2n) is 5.95. The molecule has 1 aliphatic heterocycles. The number of amides is 1. The summed E-state index contributed by atoms with van der Waals surface area (Å²) < 4.78 is 0. The molecule has 1 aromatic carbocycles. The van der Waals surface area contributed by atoms with E-state index in [9.17, 15) is 4.79 Å². The molecule has 0 saturated carbocycles. The van der Waals surface area contributed by atoms with E-state index >= 15 is 0 Å². The lowest BCUT2D eigenvalue weighted by Crippen LogP contribution is -2.45. The van der Waals surface area contributed by atoms with Gasteiger partial charge in [0.05, 0.1) is 6.54 Å². The first-order valence-corrected chi connectivity index (χ1v) is 7.48. The van der Waals surface area contributed by atoms with Crippen LogP contribution in [0.2, 0.25) is 0 Å². The summed E-state index contributed by atoms with van der Waals surface area (Å²) in [6.07, 6.45) is 1.07. The van der Waals surface area contributed by atoms with E-state index < -0.39 is 0 Å². The van der Waals surface area contributed by atoms with Crippen molar-refractivity contribution in [3.8, 4) is 0 Å². The van der Waals surface area contributed by atoms with Crippen LogP contribution in [0.1, 0.15) is 29.2 Å². The Morgan fingerprint density at radius 2 is 2.00 bits per heavy atom. The predicted octanol–water partition coefficient (Wildman–Crippen LogP) is 1.15. The quantitative estimate of drug-likeness (QED) is 0.712. The highest BCUT2D eigenvalue weighted by molar-refractivity contribution is 5.78. The van der Waals surface area contributed by atoms with Crippen LogP contribution in [0.15, 0.2) is 12.1 Å². The Balaban J connectivity index is 1.95. The summed E-state index contributed by atoms with van der Waals surface area (Å²) in [4.78, 5) is 13.8. The fraction of sp³-hybridized carbons (Fsp3) is 0.562. The molecule has 3 N–H and O–H groups in total. The van der Waals surface area contributed by atoms with Crippen molar-refractivity contribution < 1.29 is 10.0 Å². The Morgan fingerprint density at radius 3 is 2.67 bits per heavy atom. The molecule has 0 bridgehead atoms. The molecule has 1 aromatic rings. The molecule has 21 heavy (non-hydrogen) atoms. The van der Waals surface area contributed by atoms with E-state index in [1.165, 1.54) is 22.3 Å². The van der Waals surface area contributed by atoms with Crippen LogP contribution in [0.5, 0.6) is 0 Å². The first kappa shape index (κ1) is 15.9. The molecule has 0 fully saturated rings. The van der Waals surface area contributed by atoms with Crippen molar-refractivity contribution in [2.24, 2.45) is 0 Å². The van der Waals surface area contributed by atoms with Gasteiger partial charge in [0.2, 0.25) is 5.91 Å². The fourth-order valence-electron chi connectivity index (χ4n) is 3.05. The van der Waals surface area contributed by atoms with Gasteiger partial charge in [-0.05, 0) is 49.4 Å². The van der Waals surface area contributed by atoms with Crippen LogP contribution < -0.4 is 10.8 Å². The number of aryl methyl sites for hydroxylation is 2. The number of carbonyl (C=O) groups is 1. The first-order chi connectivity index (χ1) is 10.0. The topological polar surface area (TPSA) is 64.6 Å². The largest absolute Gasteiger partial charge is 0.351 e. The van der Waals surface area contributed by atoms with E-state index in [1.54, 1.807) is 0 Å². The average molecular weight is 291 g/mol. The van der Waals surface area contributed by atoms with Gasteiger partial charge in [-0.15, -0.1) is 0 Å². The maximum absolute atomic E-state index is 11.4. The molecule has 0 spiro atoms. The molecule has 0 radical (unpaired) electrons. The van der Waals surface area contributed by atoms with E-state index in [0.29, 0.717) is 0 Å². The number of hydrogen-bond donors (Lipinski definition) is 3. The van der Waals surface area contributed by atoms with E-state index in [-0.39, 0.29) is 18.5 Å². The third kappa shape index (κ3) is 4.03. The Bertz CT molecular complexity index is 516. The highest BCUT2D eigenvalue weighted by atomic mass is 16.5. The van der Waals surface area contributed by atoms with Gasteiger partial charge in [-0.1, -0.05) is 12.1 Å². The van der Waals surface area contributed by atoms with Gasteiger partial charge in [-0.3, -0.25) is 9.69 Å². The number of nitrogens with zero attached hydrogens (tertiary/aromatic N) is 1. The van der Waals surface area contributed by atoms with Crippen LogP contribution in [0.3, 0.4) is 0 Å². The van der Waals surface area contributed by atoms with Crippen LogP contribution in [-0.4, -0.2) is 41.7 Å². The van der Waals surface area contributed by atoms with Crippen molar-refractivity contribution in [1.29, 1.82) is 0 Å². The fourth-order valence-corrected chi connectivity index (χ4v) is 3.05. The first-order valence-electron chi connectivity index (χ1n) is 7.48. The third-order valence-corrected chi connectivity index (χ3v) is 4.14. The molecule has 0 unspecified atom stereocenters. The predicted molar refractivity (Wildman–Crippen MR) is 82.3 cm³/mol. The molecular weight excluding hydrogens is 266 g/mol. The smallest absolute Gasteiger partial charge is 0.236 e. The number of hydroxylamine groups is 1. The lowest BCUT2D eigenvalue weighted by molar-refractivity contribution is -0.122. The number of rotatable bonds is 5. The number of benzene rings is 1. The highest BCUT2D eigenvalue weighted by Gasteiger charge is 2.21. The second kappa shape index (κ2) is 7.02. The van der Waals surface area contributed by atoms with Crippen LogP contribution in [0, 0.1) is 13.8 Å². The number of nitrogens with one attached hydrogen (secondary N) is 2. The molecule has 1 amide bonds. The second-order valence-corrected chi connectivity index (χ2v) is 5.95. The van der Waals surface area contributed by atoms with Gasteiger partial charge in [0.1, 0.15) is 0 Å². The summed E-state index contributed by atoms with van der Waals surface area (Å²) in [5.74, 6) is -0.186. The zero-order valence-electron chi connectivity index (χ0n) is 13.1. The average Bonchev–Trinajstić information content (AvgIpc) is 2.43. The minimum atomic E-state index is -0.186. The zero-order chi connectivity index (χ0) is 15.4. The summed E-state index contributed by atoms with van der Waals surface area (Å²) in [5.41, 5.74) is 7.54. The van der Waals surface area contributed by atoms with Gasteiger partial charge in [0, 0.05) is 25.7 Å². The molecule has 1 atom stereocenters. The van der Waals surface area contributed by atoms with E-state index in [4.69, 9.17) is 5.21 Å². The van der Waals surface area contributed by atoms with Crippen LogP contribution >= 0.6 is 0 Å². The Kier molecular flexibility index (Phi) is 5.33. The van der Waals surface area contributed by atoms with Crippen LogP contribution in [0.4, 0.5) is 0 Å². The van der Waals surface area contributed by atoms with Gasteiger partial charge in [0.25, 0.3) is 0 Å². The molecule has 1 heterocycles. The zero-order valence-corrected chi connectivity index (χ0v) is 13.1. The Morgan fingerprint density at radius 1 is 1.33 bits per heavy atom. The van der Waals surface area contributed by atoms with E-state index in [2.05, 4.69) is 36.2 Å². The van der Waals surface area contributed by atoms with Gasteiger partial charge < -0.3 is 10.5 Å². The van der Waals surface area contributed by atoms with Crippen molar-refractivity contribution in [1.82, 2.24) is 15.7 Å². The van der Waals surface area contributed by atoms with Gasteiger partial charge in [-0.25, -0.2) is 0 Å². The standard InChI is InChI=1S/C16H25N3O2/c1-11-4-5-12(2)15-10-19(7-6-14(11)15)9-13(3)18-16(20)8-17-21/h4-5,13,17,21H,6-10H2,1-3H3,(H,18,20)/t13-/m0/s1. The van der Waals surface area contributed by atoms with Crippen molar-refractivity contribution in [3.63, 3.8) is 0 Å². The van der Waals surface area contributed by atoms with E-state index in [1.807, 2.05) is 12.4 Å². The Labute approximate surface area is 126 Å².